The molecule has 0 spiro atoms. The van der Waals surface area contributed by atoms with E-state index in [0.717, 1.165) is 29.0 Å². The number of aromatic nitrogens is 1. The van der Waals surface area contributed by atoms with Crippen LogP contribution in [0.25, 0.3) is 22.2 Å². The van der Waals surface area contributed by atoms with Crippen LogP contribution in [0.1, 0.15) is 35.0 Å². The predicted octanol–water partition coefficient (Wildman–Crippen LogP) is 7.20. The Balaban J connectivity index is 1.75. The minimum absolute atomic E-state index is 0.317. The Labute approximate surface area is 194 Å². The van der Waals surface area contributed by atoms with E-state index in [0.29, 0.717) is 31.5 Å². The van der Waals surface area contributed by atoms with Crippen molar-refractivity contribution in [3.63, 3.8) is 0 Å². The summed E-state index contributed by atoms with van der Waals surface area (Å²) in [6.07, 6.45) is 1.63. The van der Waals surface area contributed by atoms with Crippen LogP contribution < -0.4 is 5.43 Å². The van der Waals surface area contributed by atoms with Crippen LogP contribution >= 0.6 is 34.5 Å². The minimum Gasteiger partial charge on any atom is -0.267 e. The van der Waals surface area contributed by atoms with Crippen LogP contribution in [0.2, 0.25) is 9.36 Å². The Hall–Kier alpha value is -2.73. The van der Waals surface area contributed by atoms with Gasteiger partial charge in [-0.2, -0.15) is 5.10 Å². The normalized spacial score (nSPS) is 11.6. The molecule has 1 N–H and O–H groups in total. The molecule has 0 bridgehead atoms. The Morgan fingerprint density at radius 3 is 2.58 bits per heavy atom. The number of carbonyl (C=O) groups excluding carboxylic acids is 1. The molecule has 1 amide bonds. The molecule has 0 aliphatic heterocycles. The highest BCUT2D eigenvalue weighted by Crippen LogP contribution is 2.29. The van der Waals surface area contributed by atoms with Crippen LogP contribution in [0.5, 0.6) is 0 Å². The lowest BCUT2D eigenvalue weighted by molar-refractivity contribution is 0.0956. The van der Waals surface area contributed by atoms with Crippen LogP contribution in [0, 0.1) is 0 Å². The van der Waals surface area contributed by atoms with Gasteiger partial charge in [-0.3, -0.25) is 4.79 Å². The number of fused-ring (bicyclic) bond motifs is 1. The lowest BCUT2D eigenvalue weighted by atomic mass is 10.0. The van der Waals surface area contributed by atoms with Crippen molar-refractivity contribution in [3.8, 4) is 11.3 Å². The summed E-state index contributed by atoms with van der Waals surface area (Å²) in [5.74, 6) is -0.317. The maximum Gasteiger partial charge on any atom is 0.272 e. The van der Waals surface area contributed by atoms with Crippen molar-refractivity contribution in [3.05, 3.63) is 86.5 Å². The largest absolute Gasteiger partial charge is 0.272 e. The molecule has 4 nitrogen and oxygen atoms in total. The fourth-order valence-corrected chi connectivity index (χ4v) is 4.55. The fraction of sp³-hybridized carbons (Fsp3) is 0.125. The number of hydrogen-bond acceptors (Lipinski definition) is 4. The summed E-state index contributed by atoms with van der Waals surface area (Å²) in [5, 5.41) is 5.59. The highest BCUT2D eigenvalue weighted by molar-refractivity contribution is 7.18. The third-order valence-corrected chi connectivity index (χ3v) is 6.33. The van der Waals surface area contributed by atoms with Crippen LogP contribution in [-0.2, 0) is 0 Å². The Bertz CT molecular complexity index is 1270. The molecule has 31 heavy (non-hydrogen) atoms. The predicted molar refractivity (Wildman–Crippen MR) is 130 cm³/mol. The number of carbonyl (C=O) groups is 1. The van der Waals surface area contributed by atoms with Crippen molar-refractivity contribution in [2.75, 3.05) is 0 Å². The number of thiophene rings is 1. The van der Waals surface area contributed by atoms with E-state index in [2.05, 4.69) is 17.5 Å². The quantitative estimate of drug-likeness (QED) is 0.240. The average molecular weight is 468 g/mol. The van der Waals surface area contributed by atoms with E-state index in [4.69, 9.17) is 28.2 Å². The molecule has 7 heteroatoms. The van der Waals surface area contributed by atoms with E-state index in [1.165, 1.54) is 11.3 Å². The molecule has 0 aliphatic rings. The summed E-state index contributed by atoms with van der Waals surface area (Å²) in [6.45, 7) is 2.07. The molecular formula is C24H19Cl2N3OS. The van der Waals surface area contributed by atoms with E-state index in [1.54, 1.807) is 12.1 Å². The second-order valence-electron chi connectivity index (χ2n) is 6.91. The van der Waals surface area contributed by atoms with E-state index >= 15 is 0 Å². The summed E-state index contributed by atoms with van der Waals surface area (Å²) in [6, 6.07) is 20.6. The van der Waals surface area contributed by atoms with Crippen LogP contribution in [-0.4, -0.2) is 16.6 Å². The highest BCUT2D eigenvalue weighted by atomic mass is 35.5. The highest BCUT2D eigenvalue weighted by Gasteiger charge is 2.16. The molecule has 156 valence electrons. The molecule has 0 atom stereocenters. The Kier molecular flexibility index (Phi) is 6.66. The van der Waals surface area contributed by atoms with Gasteiger partial charge in [0, 0.05) is 10.9 Å². The minimum atomic E-state index is -0.317. The van der Waals surface area contributed by atoms with Gasteiger partial charge in [-0.25, -0.2) is 10.4 Å². The van der Waals surface area contributed by atoms with E-state index < -0.39 is 0 Å². The molecule has 0 saturated carbocycles. The second-order valence-corrected chi connectivity index (χ2v) is 9.03. The van der Waals surface area contributed by atoms with Gasteiger partial charge >= 0.3 is 0 Å². The number of benzene rings is 2. The summed E-state index contributed by atoms with van der Waals surface area (Å²) in [7, 11) is 0. The lowest BCUT2D eigenvalue weighted by Crippen LogP contribution is -2.20. The SMILES string of the molecule is CCC/C(=N\NC(=O)c1cc(-c2ccccc2)nc2c(Cl)cccc12)c1ccc(Cl)s1. The number of amides is 1. The second kappa shape index (κ2) is 9.60. The molecule has 0 saturated heterocycles. The van der Waals surface area contributed by atoms with Crippen molar-refractivity contribution in [2.24, 2.45) is 5.10 Å². The molecule has 2 aromatic heterocycles. The third-order valence-electron chi connectivity index (χ3n) is 4.74. The molecule has 4 aromatic rings. The van der Waals surface area contributed by atoms with Crippen LogP contribution in [0.3, 0.4) is 0 Å². The molecule has 0 radical (unpaired) electrons. The number of nitrogens with zero attached hydrogens (tertiary/aromatic N) is 2. The first-order chi connectivity index (χ1) is 15.1. The summed E-state index contributed by atoms with van der Waals surface area (Å²) >= 11 is 13.9. The van der Waals surface area contributed by atoms with Crippen molar-refractivity contribution < 1.29 is 4.79 Å². The lowest BCUT2D eigenvalue weighted by Gasteiger charge is -2.11. The standard InChI is InChI=1S/C24H19Cl2N3OS/c1-2-7-19(21-12-13-22(26)31-21)28-29-24(30)17-14-20(15-8-4-3-5-9-15)27-23-16(17)10-6-11-18(23)25/h3-6,8-14H,2,7H2,1H3,(H,29,30)/b28-19+. The number of hydrogen-bond donors (Lipinski definition) is 1. The monoisotopic (exact) mass is 467 g/mol. The van der Waals surface area contributed by atoms with Gasteiger partial charge in [0.15, 0.2) is 0 Å². The Morgan fingerprint density at radius 1 is 1.06 bits per heavy atom. The van der Waals surface area contributed by atoms with E-state index in [1.807, 2.05) is 54.6 Å². The number of pyridine rings is 1. The van der Waals surface area contributed by atoms with Gasteiger partial charge in [0.1, 0.15) is 0 Å². The summed E-state index contributed by atoms with van der Waals surface area (Å²) in [5.41, 5.74) is 6.15. The van der Waals surface area contributed by atoms with Crippen molar-refractivity contribution in [1.82, 2.24) is 10.4 Å². The van der Waals surface area contributed by atoms with Gasteiger partial charge in [0.2, 0.25) is 0 Å². The van der Waals surface area contributed by atoms with Crippen LogP contribution in [0.4, 0.5) is 0 Å². The number of hydrazone groups is 1. The smallest absolute Gasteiger partial charge is 0.267 e. The maximum atomic E-state index is 13.2. The number of para-hydroxylation sites is 1. The first kappa shape index (κ1) is 21.5. The van der Waals surface area contributed by atoms with Crippen molar-refractivity contribution in [2.45, 2.75) is 19.8 Å². The molecule has 0 aliphatic carbocycles. The number of nitrogens with one attached hydrogen (secondary N) is 1. The van der Waals surface area contributed by atoms with Gasteiger partial charge in [-0.1, -0.05) is 79.0 Å². The first-order valence-electron chi connectivity index (χ1n) is 9.84. The first-order valence-corrected chi connectivity index (χ1v) is 11.4. The third kappa shape index (κ3) is 4.79. The average Bonchev–Trinajstić information content (AvgIpc) is 3.23. The number of rotatable bonds is 6. The zero-order valence-electron chi connectivity index (χ0n) is 16.7. The molecular weight excluding hydrogens is 449 g/mol. The molecule has 0 fully saturated rings. The van der Waals surface area contributed by atoms with Gasteiger partial charge < -0.3 is 0 Å². The molecule has 2 aromatic carbocycles. The topological polar surface area (TPSA) is 54.4 Å². The van der Waals surface area contributed by atoms with Gasteiger partial charge in [0.05, 0.1) is 36.7 Å². The van der Waals surface area contributed by atoms with Gasteiger partial charge in [0.25, 0.3) is 5.91 Å². The van der Waals surface area contributed by atoms with Crippen molar-refractivity contribution >= 4 is 57.1 Å². The van der Waals surface area contributed by atoms with E-state index in [-0.39, 0.29) is 5.91 Å². The Morgan fingerprint density at radius 2 is 1.87 bits per heavy atom. The summed E-state index contributed by atoms with van der Waals surface area (Å²) in [4.78, 5) is 18.8. The fourth-order valence-electron chi connectivity index (χ4n) is 3.28. The zero-order chi connectivity index (χ0) is 21.8. The van der Waals surface area contributed by atoms with Gasteiger partial charge in [-0.05, 0) is 30.7 Å². The summed E-state index contributed by atoms with van der Waals surface area (Å²) < 4.78 is 0.687. The molecule has 4 rings (SSSR count). The zero-order valence-corrected chi connectivity index (χ0v) is 19.1. The van der Waals surface area contributed by atoms with Crippen molar-refractivity contribution in [1.29, 1.82) is 0 Å². The maximum absolute atomic E-state index is 13.2. The molecule has 0 unspecified atom stereocenters. The number of halogens is 2. The van der Waals surface area contributed by atoms with Gasteiger partial charge in [-0.15, -0.1) is 11.3 Å². The molecule has 2 heterocycles. The van der Waals surface area contributed by atoms with E-state index in [9.17, 15) is 4.79 Å². The van der Waals surface area contributed by atoms with Crippen LogP contribution in [0.15, 0.2) is 71.8 Å².